The molecule has 22 heavy (non-hydrogen) atoms. The highest BCUT2D eigenvalue weighted by molar-refractivity contribution is 9.10. The van der Waals surface area contributed by atoms with Crippen molar-refractivity contribution in [2.75, 3.05) is 13.1 Å². The molecule has 1 saturated carbocycles. The zero-order valence-electron chi connectivity index (χ0n) is 11.6. The quantitative estimate of drug-likeness (QED) is 0.810. The van der Waals surface area contributed by atoms with Crippen molar-refractivity contribution < 1.29 is 23.5 Å². The third-order valence-corrected chi connectivity index (χ3v) is 5.28. The SMILES string of the molecule is O=C(O)C1CC12CCCN(C(=O)c1cc(F)c(F)cc1Br)C2. The molecule has 1 saturated heterocycles. The number of halogens is 3. The molecule has 4 nitrogen and oxygen atoms in total. The molecule has 2 atom stereocenters. The summed E-state index contributed by atoms with van der Waals surface area (Å²) < 4.78 is 26.7. The van der Waals surface area contributed by atoms with Gasteiger partial charge < -0.3 is 10.0 Å². The molecule has 0 aromatic heterocycles. The van der Waals surface area contributed by atoms with Gasteiger partial charge in [0.05, 0.1) is 11.5 Å². The second-order valence-corrected chi connectivity index (χ2v) is 6.89. The van der Waals surface area contributed by atoms with Crippen LogP contribution in [0.5, 0.6) is 0 Å². The van der Waals surface area contributed by atoms with Gasteiger partial charge in [0.1, 0.15) is 0 Å². The van der Waals surface area contributed by atoms with Crippen LogP contribution in [0.15, 0.2) is 16.6 Å². The van der Waals surface area contributed by atoms with E-state index in [1.54, 1.807) is 4.90 Å². The van der Waals surface area contributed by atoms with Crippen LogP contribution in [0.3, 0.4) is 0 Å². The second-order valence-electron chi connectivity index (χ2n) is 6.03. The first-order chi connectivity index (χ1) is 10.3. The van der Waals surface area contributed by atoms with Gasteiger partial charge in [0.2, 0.25) is 0 Å². The van der Waals surface area contributed by atoms with Crippen molar-refractivity contribution in [2.24, 2.45) is 11.3 Å². The first-order valence-corrected chi connectivity index (χ1v) is 7.80. The van der Waals surface area contributed by atoms with Crippen LogP contribution in [0, 0.1) is 23.0 Å². The smallest absolute Gasteiger partial charge is 0.307 e. The summed E-state index contributed by atoms with van der Waals surface area (Å²) in [6.45, 7) is 0.854. The molecule has 1 aliphatic carbocycles. The Hall–Kier alpha value is -1.50. The summed E-state index contributed by atoms with van der Waals surface area (Å²) in [5.74, 6) is -3.74. The van der Waals surface area contributed by atoms with Gasteiger partial charge in [0.15, 0.2) is 11.6 Å². The lowest BCUT2D eigenvalue weighted by Crippen LogP contribution is -2.42. The van der Waals surface area contributed by atoms with Gasteiger partial charge in [-0.25, -0.2) is 8.78 Å². The Morgan fingerprint density at radius 3 is 2.64 bits per heavy atom. The number of nitrogens with zero attached hydrogens (tertiary/aromatic N) is 1. The largest absolute Gasteiger partial charge is 0.481 e. The van der Waals surface area contributed by atoms with Gasteiger partial charge >= 0.3 is 5.97 Å². The molecule has 1 aliphatic heterocycles. The van der Waals surface area contributed by atoms with E-state index in [9.17, 15) is 18.4 Å². The first kappa shape index (κ1) is 15.4. The van der Waals surface area contributed by atoms with Crippen LogP contribution in [0.1, 0.15) is 29.6 Å². The maximum Gasteiger partial charge on any atom is 0.307 e. The Morgan fingerprint density at radius 2 is 2.00 bits per heavy atom. The molecular formula is C15H14BrF2NO3. The molecule has 2 fully saturated rings. The van der Waals surface area contributed by atoms with E-state index in [4.69, 9.17) is 5.11 Å². The van der Waals surface area contributed by atoms with Crippen molar-refractivity contribution in [3.63, 3.8) is 0 Å². The minimum atomic E-state index is -1.08. The highest BCUT2D eigenvalue weighted by atomic mass is 79.9. The minimum absolute atomic E-state index is 0.0588. The molecule has 118 valence electrons. The number of benzene rings is 1. The van der Waals surface area contributed by atoms with Crippen molar-refractivity contribution in [1.82, 2.24) is 4.90 Å². The molecule has 3 rings (SSSR count). The van der Waals surface area contributed by atoms with Crippen LogP contribution < -0.4 is 0 Å². The van der Waals surface area contributed by atoms with Gasteiger partial charge in [-0.2, -0.15) is 0 Å². The van der Waals surface area contributed by atoms with Crippen molar-refractivity contribution in [2.45, 2.75) is 19.3 Å². The lowest BCUT2D eigenvalue weighted by atomic mass is 9.91. The fourth-order valence-electron chi connectivity index (χ4n) is 3.34. The van der Waals surface area contributed by atoms with E-state index in [0.29, 0.717) is 19.5 Å². The number of hydrogen-bond acceptors (Lipinski definition) is 2. The monoisotopic (exact) mass is 373 g/mol. The lowest BCUT2D eigenvalue weighted by Gasteiger charge is -2.33. The van der Waals surface area contributed by atoms with Crippen LogP contribution in [0.25, 0.3) is 0 Å². The number of aliphatic carboxylic acids is 1. The molecule has 1 aromatic rings. The molecule has 1 heterocycles. The fourth-order valence-corrected chi connectivity index (χ4v) is 3.82. The zero-order valence-corrected chi connectivity index (χ0v) is 13.2. The summed E-state index contributed by atoms with van der Waals surface area (Å²) in [5, 5.41) is 9.12. The summed E-state index contributed by atoms with van der Waals surface area (Å²) >= 11 is 3.08. The Labute approximate surface area is 134 Å². The molecule has 1 amide bonds. The molecule has 7 heteroatoms. The first-order valence-electron chi connectivity index (χ1n) is 7.01. The molecule has 2 unspecified atom stereocenters. The number of rotatable bonds is 2. The second kappa shape index (κ2) is 5.30. The van der Waals surface area contributed by atoms with E-state index in [0.717, 1.165) is 25.0 Å². The Bertz CT molecular complexity index is 666. The minimum Gasteiger partial charge on any atom is -0.481 e. The van der Waals surface area contributed by atoms with E-state index in [2.05, 4.69) is 15.9 Å². The molecule has 0 bridgehead atoms. The van der Waals surface area contributed by atoms with Crippen LogP contribution in [0.2, 0.25) is 0 Å². The number of piperidine rings is 1. The lowest BCUT2D eigenvalue weighted by molar-refractivity contribution is -0.139. The van der Waals surface area contributed by atoms with E-state index < -0.39 is 29.4 Å². The van der Waals surface area contributed by atoms with Crippen LogP contribution >= 0.6 is 15.9 Å². The van der Waals surface area contributed by atoms with Gasteiger partial charge in [-0.1, -0.05) is 0 Å². The highest BCUT2D eigenvalue weighted by Gasteiger charge is 2.60. The van der Waals surface area contributed by atoms with Crippen molar-refractivity contribution in [3.8, 4) is 0 Å². The summed E-state index contributed by atoms with van der Waals surface area (Å²) in [6, 6.07) is 1.81. The predicted octanol–water partition coefficient (Wildman–Crippen LogP) is 3.05. The number of likely N-dealkylation sites (tertiary alicyclic amines) is 1. The zero-order chi connectivity index (χ0) is 16.1. The maximum absolute atomic E-state index is 13.4. The molecule has 1 aromatic carbocycles. The normalized spacial score (nSPS) is 27.0. The Kier molecular flexibility index (Phi) is 3.71. The third kappa shape index (κ3) is 2.51. The molecule has 2 aliphatic rings. The Balaban J connectivity index is 1.81. The number of amides is 1. The van der Waals surface area contributed by atoms with Crippen LogP contribution in [0.4, 0.5) is 8.78 Å². The van der Waals surface area contributed by atoms with Gasteiger partial charge in [-0.3, -0.25) is 9.59 Å². The number of carbonyl (C=O) groups excluding carboxylic acids is 1. The van der Waals surface area contributed by atoms with Gasteiger partial charge in [-0.05, 0) is 47.3 Å². The van der Waals surface area contributed by atoms with E-state index >= 15 is 0 Å². The third-order valence-electron chi connectivity index (χ3n) is 4.62. The molecule has 1 N–H and O–H groups in total. The number of carboxylic acids is 1. The fraction of sp³-hybridized carbons (Fsp3) is 0.467. The van der Waals surface area contributed by atoms with Gasteiger partial charge in [0, 0.05) is 23.0 Å². The number of hydrogen-bond donors (Lipinski definition) is 1. The predicted molar refractivity (Wildman–Crippen MR) is 77.4 cm³/mol. The Morgan fingerprint density at radius 1 is 1.32 bits per heavy atom. The van der Waals surface area contributed by atoms with Gasteiger partial charge in [-0.15, -0.1) is 0 Å². The topological polar surface area (TPSA) is 57.6 Å². The van der Waals surface area contributed by atoms with Crippen molar-refractivity contribution in [1.29, 1.82) is 0 Å². The van der Waals surface area contributed by atoms with Crippen LogP contribution in [-0.4, -0.2) is 35.0 Å². The highest BCUT2D eigenvalue weighted by Crippen LogP contribution is 2.58. The summed E-state index contributed by atoms with van der Waals surface area (Å²) in [7, 11) is 0. The molecule has 1 spiro atoms. The summed E-state index contributed by atoms with van der Waals surface area (Å²) in [6.07, 6.45) is 2.08. The molecule has 0 radical (unpaired) electrons. The maximum atomic E-state index is 13.4. The number of carboxylic acid groups (broad SMARTS) is 1. The average Bonchev–Trinajstić information content (AvgIpc) is 3.16. The summed E-state index contributed by atoms with van der Waals surface area (Å²) in [5.41, 5.74) is -0.284. The van der Waals surface area contributed by atoms with E-state index in [1.165, 1.54) is 0 Å². The van der Waals surface area contributed by atoms with Crippen molar-refractivity contribution in [3.05, 3.63) is 33.8 Å². The standard InChI is InChI=1S/C15H14BrF2NO3/c16-10-5-12(18)11(17)4-8(10)13(20)19-3-1-2-15(7-19)6-9(15)14(21)22/h4-5,9H,1-3,6-7H2,(H,21,22). The van der Waals surface area contributed by atoms with Crippen LogP contribution in [-0.2, 0) is 4.79 Å². The van der Waals surface area contributed by atoms with E-state index in [1.807, 2.05) is 0 Å². The average molecular weight is 374 g/mol. The molecular weight excluding hydrogens is 360 g/mol. The van der Waals surface area contributed by atoms with E-state index in [-0.39, 0.29) is 15.5 Å². The van der Waals surface area contributed by atoms with Crippen molar-refractivity contribution >= 4 is 27.8 Å². The summed E-state index contributed by atoms with van der Waals surface area (Å²) in [4.78, 5) is 25.2. The van der Waals surface area contributed by atoms with Gasteiger partial charge in [0.25, 0.3) is 5.91 Å². The number of carbonyl (C=O) groups is 2.